The van der Waals surface area contributed by atoms with Crippen LogP contribution in [0.15, 0.2) is 60.1 Å². The molecular formula is C20H17N3O2S. The van der Waals surface area contributed by atoms with Crippen LogP contribution in [0.4, 0.5) is 5.69 Å². The van der Waals surface area contributed by atoms with Gasteiger partial charge in [-0.05, 0) is 30.7 Å². The number of fused-ring (bicyclic) bond motifs is 1. The van der Waals surface area contributed by atoms with Gasteiger partial charge in [0.05, 0.1) is 12.1 Å². The summed E-state index contributed by atoms with van der Waals surface area (Å²) in [6, 6.07) is 14.9. The molecule has 2 N–H and O–H groups in total. The first-order valence-electron chi connectivity index (χ1n) is 8.20. The molecule has 0 bridgehead atoms. The summed E-state index contributed by atoms with van der Waals surface area (Å²) in [6.07, 6.45) is 2.22. The van der Waals surface area contributed by atoms with Crippen molar-refractivity contribution in [3.8, 4) is 17.0 Å². The van der Waals surface area contributed by atoms with Crippen LogP contribution in [-0.4, -0.2) is 20.4 Å². The Morgan fingerprint density at radius 2 is 2.04 bits per heavy atom. The summed E-state index contributed by atoms with van der Waals surface area (Å²) < 4.78 is 1.97. The monoisotopic (exact) mass is 363 g/mol. The molecule has 0 radical (unpaired) electrons. The molecule has 2 aromatic carbocycles. The van der Waals surface area contributed by atoms with Gasteiger partial charge in [0.1, 0.15) is 5.75 Å². The van der Waals surface area contributed by atoms with E-state index in [-0.39, 0.29) is 18.1 Å². The molecule has 0 saturated heterocycles. The third-order valence-corrected chi connectivity index (χ3v) is 5.07. The molecule has 0 aliphatic carbocycles. The van der Waals surface area contributed by atoms with E-state index in [1.54, 1.807) is 18.2 Å². The first-order valence-corrected chi connectivity index (χ1v) is 9.08. The van der Waals surface area contributed by atoms with E-state index in [0.29, 0.717) is 5.69 Å². The van der Waals surface area contributed by atoms with Gasteiger partial charge in [-0.1, -0.05) is 30.3 Å². The second kappa shape index (κ2) is 6.65. The molecule has 2 aromatic heterocycles. The van der Waals surface area contributed by atoms with E-state index in [1.807, 2.05) is 53.2 Å². The Kier molecular flexibility index (Phi) is 4.18. The topological polar surface area (TPSA) is 66.6 Å². The van der Waals surface area contributed by atoms with Crippen molar-refractivity contribution in [1.29, 1.82) is 0 Å². The van der Waals surface area contributed by atoms with E-state index in [1.165, 1.54) is 11.3 Å². The number of thiazole rings is 1. The minimum absolute atomic E-state index is 0.103. The molecule has 26 heavy (non-hydrogen) atoms. The molecule has 6 heteroatoms. The molecular weight excluding hydrogens is 346 g/mol. The van der Waals surface area contributed by atoms with E-state index in [9.17, 15) is 9.90 Å². The lowest BCUT2D eigenvalue weighted by Gasteiger charge is -2.08. The summed E-state index contributed by atoms with van der Waals surface area (Å²) in [7, 11) is 0. The summed E-state index contributed by atoms with van der Waals surface area (Å²) >= 11 is 1.52. The van der Waals surface area contributed by atoms with Gasteiger partial charge in [0.2, 0.25) is 5.91 Å². The zero-order chi connectivity index (χ0) is 18.1. The molecule has 0 spiro atoms. The minimum Gasteiger partial charge on any atom is -0.508 e. The Labute approximate surface area is 154 Å². The maximum atomic E-state index is 12.4. The van der Waals surface area contributed by atoms with Crippen molar-refractivity contribution in [1.82, 2.24) is 9.38 Å². The summed E-state index contributed by atoms with van der Waals surface area (Å²) in [4.78, 5) is 17.9. The quantitative estimate of drug-likeness (QED) is 0.533. The standard InChI is InChI=1S/C20H17N3O2S/c1-13-9-16(24)7-8-17(13)21-19(25)10-15-12-26-20-22-18(11-23(15)20)14-5-3-2-4-6-14/h2-9,11-12,24H,10H2,1H3,(H,21,25). The second-order valence-electron chi connectivity index (χ2n) is 6.10. The van der Waals surface area contributed by atoms with Crippen molar-refractivity contribution in [3.05, 3.63) is 71.4 Å². The summed E-state index contributed by atoms with van der Waals surface area (Å²) in [5.41, 5.74) is 4.37. The lowest BCUT2D eigenvalue weighted by Crippen LogP contribution is -2.15. The van der Waals surface area contributed by atoms with Crippen LogP contribution in [0, 0.1) is 6.92 Å². The van der Waals surface area contributed by atoms with E-state index in [4.69, 9.17) is 0 Å². The Morgan fingerprint density at radius 1 is 1.23 bits per heavy atom. The highest BCUT2D eigenvalue weighted by molar-refractivity contribution is 7.15. The number of benzene rings is 2. The van der Waals surface area contributed by atoms with Crippen LogP contribution in [0.1, 0.15) is 11.3 Å². The molecule has 5 nitrogen and oxygen atoms in total. The number of imidazole rings is 1. The number of nitrogens with one attached hydrogen (secondary N) is 1. The average Bonchev–Trinajstić information content (AvgIpc) is 3.20. The van der Waals surface area contributed by atoms with E-state index in [0.717, 1.165) is 27.5 Å². The SMILES string of the molecule is Cc1cc(O)ccc1NC(=O)Cc1csc2nc(-c3ccccc3)cn12. The number of phenols is 1. The van der Waals surface area contributed by atoms with Gasteiger partial charge in [0.15, 0.2) is 4.96 Å². The van der Waals surface area contributed by atoms with Gasteiger partial charge in [-0.15, -0.1) is 11.3 Å². The highest BCUT2D eigenvalue weighted by atomic mass is 32.1. The number of phenolic OH excluding ortho intramolecular Hbond substituents is 1. The van der Waals surface area contributed by atoms with Crippen molar-refractivity contribution in [3.63, 3.8) is 0 Å². The largest absolute Gasteiger partial charge is 0.508 e. The van der Waals surface area contributed by atoms with Crippen molar-refractivity contribution < 1.29 is 9.90 Å². The van der Waals surface area contributed by atoms with Gasteiger partial charge in [-0.2, -0.15) is 0 Å². The highest BCUT2D eigenvalue weighted by Gasteiger charge is 2.13. The van der Waals surface area contributed by atoms with Gasteiger partial charge < -0.3 is 10.4 Å². The minimum atomic E-state index is -0.103. The normalized spacial score (nSPS) is 11.0. The highest BCUT2D eigenvalue weighted by Crippen LogP contribution is 2.24. The molecule has 0 fully saturated rings. The van der Waals surface area contributed by atoms with E-state index in [2.05, 4.69) is 10.3 Å². The van der Waals surface area contributed by atoms with Gasteiger partial charge >= 0.3 is 0 Å². The third-order valence-electron chi connectivity index (χ3n) is 4.18. The summed E-state index contributed by atoms with van der Waals surface area (Å²) in [6.45, 7) is 1.85. The number of rotatable bonds is 4. The Bertz CT molecular complexity index is 1080. The summed E-state index contributed by atoms with van der Waals surface area (Å²) in [5.74, 6) is 0.0837. The number of hydrogen-bond donors (Lipinski definition) is 2. The number of amides is 1. The molecule has 2 heterocycles. The molecule has 0 aliphatic rings. The van der Waals surface area contributed by atoms with Gasteiger partial charge in [-0.3, -0.25) is 9.20 Å². The first-order chi connectivity index (χ1) is 12.6. The third kappa shape index (κ3) is 3.19. The molecule has 0 unspecified atom stereocenters. The number of hydrogen-bond acceptors (Lipinski definition) is 4. The fourth-order valence-corrected chi connectivity index (χ4v) is 3.72. The first kappa shape index (κ1) is 16.4. The number of anilines is 1. The molecule has 1 amide bonds. The van der Waals surface area contributed by atoms with Crippen LogP contribution in [0.25, 0.3) is 16.2 Å². The second-order valence-corrected chi connectivity index (χ2v) is 6.93. The molecule has 4 rings (SSSR count). The molecule has 130 valence electrons. The van der Waals surface area contributed by atoms with E-state index < -0.39 is 0 Å². The maximum absolute atomic E-state index is 12.4. The number of carbonyl (C=O) groups excluding carboxylic acids is 1. The molecule has 0 saturated carbocycles. The lowest BCUT2D eigenvalue weighted by atomic mass is 10.2. The Balaban J connectivity index is 1.55. The van der Waals surface area contributed by atoms with Gasteiger partial charge in [-0.25, -0.2) is 4.98 Å². The number of aryl methyl sites for hydroxylation is 1. The average molecular weight is 363 g/mol. The fourth-order valence-electron chi connectivity index (χ4n) is 2.85. The number of nitrogens with zero attached hydrogens (tertiary/aromatic N) is 2. The van der Waals surface area contributed by atoms with Gasteiger partial charge in [0.25, 0.3) is 0 Å². The van der Waals surface area contributed by atoms with Crippen LogP contribution in [0.5, 0.6) is 5.75 Å². The van der Waals surface area contributed by atoms with Crippen LogP contribution >= 0.6 is 11.3 Å². The van der Waals surface area contributed by atoms with Crippen molar-refractivity contribution in [2.45, 2.75) is 13.3 Å². The summed E-state index contributed by atoms with van der Waals surface area (Å²) in [5, 5.41) is 14.3. The van der Waals surface area contributed by atoms with Crippen molar-refractivity contribution >= 4 is 27.9 Å². The van der Waals surface area contributed by atoms with Crippen molar-refractivity contribution in [2.24, 2.45) is 0 Å². The number of aromatic hydroxyl groups is 1. The Morgan fingerprint density at radius 3 is 2.81 bits per heavy atom. The molecule has 0 aliphatic heterocycles. The number of carbonyl (C=O) groups is 1. The maximum Gasteiger partial charge on any atom is 0.230 e. The lowest BCUT2D eigenvalue weighted by molar-refractivity contribution is -0.115. The van der Waals surface area contributed by atoms with Crippen LogP contribution in [-0.2, 0) is 11.2 Å². The smallest absolute Gasteiger partial charge is 0.230 e. The Hall–Kier alpha value is -3.12. The fraction of sp³-hybridized carbons (Fsp3) is 0.100. The molecule has 4 aromatic rings. The van der Waals surface area contributed by atoms with Crippen molar-refractivity contribution in [2.75, 3.05) is 5.32 Å². The predicted octanol–water partition coefficient (Wildman–Crippen LogP) is 4.26. The zero-order valence-corrected chi connectivity index (χ0v) is 15.0. The van der Waals surface area contributed by atoms with Gasteiger partial charge in [0, 0.05) is 28.5 Å². The van der Waals surface area contributed by atoms with Crippen LogP contribution in [0.3, 0.4) is 0 Å². The predicted molar refractivity (Wildman–Crippen MR) is 104 cm³/mol. The number of aromatic nitrogens is 2. The van der Waals surface area contributed by atoms with Crippen LogP contribution < -0.4 is 5.32 Å². The zero-order valence-electron chi connectivity index (χ0n) is 14.1. The molecule has 0 atom stereocenters. The van der Waals surface area contributed by atoms with E-state index >= 15 is 0 Å². The van der Waals surface area contributed by atoms with Crippen LogP contribution in [0.2, 0.25) is 0 Å².